The van der Waals surface area contributed by atoms with E-state index in [2.05, 4.69) is 15.2 Å². The number of carbonyl (C=O) groups excluding carboxylic acids is 1. The first kappa shape index (κ1) is 14.9. The molecule has 0 aliphatic carbocycles. The van der Waals surface area contributed by atoms with Gasteiger partial charge in [0.05, 0.1) is 13.2 Å². The Morgan fingerprint density at radius 1 is 1.36 bits per heavy atom. The summed E-state index contributed by atoms with van der Waals surface area (Å²) in [5, 5.41) is 10.9. The summed E-state index contributed by atoms with van der Waals surface area (Å²) < 4.78 is 4.98. The van der Waals surface area contributed by atoms with Gasteiger partial charge in [-0.15, -0.1) is 21.5 Å². The van der Waals surface area contributed by atoms with Crippen LogP contribution in [0.5, 0.6) is 5.88 Å². The molecule has 0 bridgehead atoms. The van der Waals surface area contributed by atoms with Crippen LogP contribution in [0.3, 0.4) is 0 Å². The lowest BCUT2D eigenvalue weighted by Gasteiger charge is -2.34. The van der Waals surface area contributed by atoms with Crippen LogP contribution in [-0.2, 0) is 0 Å². The van der Waals surface area contributed by atoms with E-state index in [1.54, 1.807) is 23.5 Å². The average molecular weight is 318 g/mol. The molecule has 0 aromatic carbocycles. The van der Waals surface area contributed by atoms with Crippen molar-refractivity contribution in [2.45, 2.75) is 32.2 Å². The summed E-state index contributed by atoms with van der Waals surface area (Å²) in [4.78, 5) is 19.2. The molecule has 2 aromatic heterocycles. The van der Waals surface area contributed by atoms with E-state index in [1.807, 2.05) is 17.2 Å². The molecule has 1 amide bonds. The first-order valence-electron chi connectivity index (χ1n) is 7.30. The van der Waals surface area contributed by atoms with Crippen LogP contribution in [0.4, 0.5) is 0 Å². The van der Waals surface area contributed by atoms with Crippen LogP contribution in [0.1, 0.15) is 46.5 Å². The number of aromatic nitrogens is 3. The maximum absolute atomic E-state index is 12.7. The van der Waals surface area contributed by atoms with Crippen molar-refractivity contribution in [3.63, 3.8) is 0 Å². The molecule has 1 fully saturated rings. The average Bonchev–Trinajstić information content (AvgIpc) is 3.00. The molecule has 3 heterocycles. The first-order chi connectivity index (χ1) is 10.7. The van der Waals surface area contributed by atoms with E-state index in [-0.39, 0.29) is 11.9 Å². The summed E-state index contributed by atoms with van der Waals surface area (Å²) >= 11 is 1.62. The van der Waals surface area contributed by atoms with Gasteiger partial charge in [-0.3, -0.25) is 4.79 Å². The minimum atomic E-state index is -0.0901. The van der Waals surface area contributed by atoms with Gasteiger partial charge in [0.2, 0.25) is 5.88 Å². The summed E-state index contributed by atoms with van der Waals surface area (Å²) in [5.41, 5.74) is 1.35. The number of carbonyl (C=O) groups is 1. The number of nitrogens with zero attached hydrogens (tertiary/aromatic N) is 4. The molecule has 0 saturated carbocycles. The largest absolute Gasteiger partial charge is 0.480 e. The summed E-state index contributed by atoms with van der Waals surface area (Å²) in [7, 11) is 1.52. The Bertz CT molecular complexity index is 656. The van der Waals surface area contributed by atoms with Crippen molar-refractivity contribution in [2.24, 2.45) is 0 Å². The molecule has 1 aliphatic rings. The summed E-state index contributed by atoms with van der Waals surface area (Å²) in [6.45, 7) is 2.71. The highest BCUT2D eigenvalue weighted by molar-refractivity contribution is 7.09. The Morgan fingerprint density at radius 2 is 2.23 bits per heavy atom. The number of hydrogen-bond acceptors (Lipinski definition) is 6. The van der Waals surface area contributed by atoms with E-state index in [1.165, 1.54) is 7.11 Å². The summed E-state index contributed by atoms with van der Waals surface area (Å²) in [6.07, 6.45) is 3.07. The highest BCUT2D eigenvalue weighted by Crippen LogP contribution is 2.33. The van der Waals surface area contributed by atoms with Gasteiger partial charge < -0.3 is 9.64 Å². The molecule has 7 heteroatoms. The Balaban J connectivity index is 1.84. The standard InChI is InChI=1S/C15H18N4O2S/c1-10-9-22-14(16-10)12-5-3-4-8-19(12)15(20)11-6-7-13(21-2)18-17-11/h6-7,9,12H,3-5,8H2,1-2H3/t12-/m0/s1. The number of likely N-dealkylation sites (tertiary alicyclic amines) is 1. The van der Waals surface area contributed by atoms with Crippen LogP contribution in [0.2, 0.25) is 0 Å². The van der Waals surface area contributed by atoms with Gasteiger partial charge in [-0.1, -0.05) is 0 Å². The van der Waals surface area contributed by atoms with Crippen LogP contribution in [-0.4, -0.2) is 39.6 Å². The number of piperidine rings is 1. The Morgan fingerprint density at radius 3 is 2.86 bits per heavy atom. The van der Waals surface area contributed by atoms with Crippen molar-refractivity contribution >= 4 is 17.2 Å². The third kappa shape index (κ3) is 2.94. The molecule has 6 nitrogen and oxygen atoms in total. The molecule has 1 saturated heterocycles. The monoisotopic (exact) mass is 318 g/mol. The molecule has 0 spiro atoms. The zero-order chi connectivity index (χ0) is 15.5. The van der Waals surface area contributed by atoms with Gasteiger partial charge >= 0.3 is 0 Å². The fourth-order valence-corrected chi connectivity index (χ4v) is 3.59. The van der Waals surface area contributed by atoms with Crippen molar-refractivity contribution < 1.29 is 9.53 Å². The van der Waals surface area contributed by atoms with Gasteiger partial charge in [0.15, 0.2) is 5.69 Å². The molecular weight excluding hydrogens is 300 g/mol. The van der Waals surface area contributed by atoms with E-state index in [0.29, 0.717) is 11.6 Å². The topological polar surface area (TPSA) is 68.2 Å². The maximum Gasteiger partial charge on any atom is 0.274 e. The van der Waals surface area contributed by atoms with E-state index < -0.39 is 0 Å². The normalized spacial score (nSPS) is 18.3. The van der Waals surface area contributed by atoms with E-state index >= 15 is 0 Å². The maximum atomic E-state index is 12.7. The third-order valence-corrected chi connectivity index (χ3v) is 4.82. The predicted molar refractivity (Wildman–Crippen MR) is 83.1 cm³/mol. The quantitative estimate of drug-likeness (QED) is 0.870. The minimum absolute atomic E-state index is 0.0452. The molecule has 3 rings (SSSR count). The number of hydrogen-bond donors (Lipinski definition) is 0. The van der Waals surface area contributed by atoms with Crippen molar-refractivity contribution in [1.82, 2.24) is 20.1 Å². The van der Waals surface area contributed by atoms with E-state index in [4.69, 9.17) is 4.74 Å². The molecule has 2 aromatic rings. The second-order valence-corrected chi connectivity index (χ2v) is 6.19. The molecule has 0 radical (unpaired) electrons. The van der Waals surface area contributed by atoms with Crippen LogP contribution < -0.4 is 4.74 Å². The van der Waals surface area contributed by atoms with Crippen molar-refractivity contribution in [3.8, 4) is 5.88 Å². The second-order valence-electron chi connectivity index (χ2n) is 5.30. The lowest BCUT2D eigenvalue weighted by molar-refractivity contribution is 0.0603. The molecule has 22 heavy (non-hydrogen) atoms. The number of methoxy groups -OCH3 is 1. The Hall–Kier alpha value is -2.02. The van der Waals surface area contributed by atoms with Gasteiger partial charge in [0.25, 0.3) is 5.91 Å². The minimum Gasteiger partial charge on any atom is -0.480 e. The highest BCUT2D eigenvalue weighted by Gasteiger charge is 2.31. The second kappa shape index (κ2) is 6.39. The van der Waals surface area contributed by atoms with Crippen molar-refractivity contribution in [2.75, 3.05) is 13.7 Å². The number of amides is 1. The predicted octanol–water partition coefficient (Wildman–Crippen LogP) is 2.62. The number of rotatable bonds is 3. The number of aryl methyl sites for hydroxylation is 1. The summed E-state index contributed by atoms with van der Waals surface area (Å²) in [6, 6.07) is 3.36. The van der Waals surface area contributed by atoms with Gasteiger partial charge in [-0.05, 0) is 32.3 Å². The lowest BCUT2D eigenvalue weighted by atomic mass is 10.0. The highest BCUT2D eigenvalue weighted by atomic mass is 32.1. The van der Waals surface area contributed by atoms with Crippen LogP contribution in [0.25, 0.3) is 0 Å². The molecular formula is C15H18N4O2S. The molecule has 116 valence electrons. The van der Waals surface area contributed by atoms with Crippen LogP contribution >= 0.6 is 11.3 Å². The molecule has 0 N–H and O–H groups in total. The summed E-state index contributed by atoms with van der Waals surface area (Å²) in [5.74, 6) is 0.315. The molecule has 0 unspecified atom stereocenters. The van der Waals surface area contributed by atoms with E-state index in [0.717, 1.165) is 36.5 Å². The lowest BCUT2D eigenvalue weighted by Crippen LogP contribution is -2.39. The number of thiazole rings is 1. The van der Waals surface area contributed by atoms with E-state index in [9.17, 15) is 4.79 Å². The molecule has 1 aliphatic heterocycles. The van der Waals surface area contributed by atoms with Gasteiger partial charge in [-0.25, -0.2) is 4.98 Å². The fraction of sp³-hybridized carbons (Fsp3) is 0.467. The Labute approximate surface area is 133 Å². The van der Waals surface area contributed by atoms with Gasteiger partial charge in [-0.2, -0.15) is 0 Å². The fourth-order valence-electron chi connectivity index (χ4n) is 2.65. The van der Waals surface area contributed by atoms with Crippen LogP contribution in [0.15, 0.2) is 17.5 Å². The van der Waals surface area contributed by atoms with Crippen LogP contribution in [0, 0.1) is 6.92 Å². The zero-order valence-electron chi connectivity index (χ0n) is 12.7. The van der Waals surface area contributed by atoms with Crippen molar-refractivity contribution in [3.05, 3.63) is 33.9 Å². The smallest absolute Gasteiger partial charge is 0.274 e. The zero-order valence-corrected chi connectivity index (χ0v) is 13.5. The van der Waals surface area contributed by atoms with Crippen molar-refractivity contribution in [1.29, 1.82) is 0 Å². The van der Waals surface area contributed by atoms with Gasteiger partial charge in [0.1, 0.15) is 5.01 Å². The first-order valence-corrected chi connectivity index (χ1v) is 8.17. The van der Waals surface area contributed by atoms with Gasteiger partial charge in [0, 0.05) is 23.7 Å². The Kier molecular flexibility index (Phi) is 4.33. The SMILES string of the molecule is COc1ccc(C(=O)N2CCCC[C@H]2c2nc(C)cs2)nn1. The third-order valence-electron chi connectivity index (χ3n) is 3.75. The number of ether oxygens (including phenoxy) is 1. The molecule has 1 atom stereocenters.